The fraction of sp³-hybridized carbons (Fsp3) is 0.333. The molecule has 1 aromatic heterocycles. The maximum Gasteiger partial charge on any atom is 0.238 e. The number of furan rings is 1. The second kappa shape index (κ2) is 8.48. The Morgan fingerprint density at radius 1 is 1.24 bits per heavy atom. The van der Waals surface area contributed by atoms with Crippen molar-refractivity contribution in [2.45, 2.75) is 25.4 Å². The summed E-state index contributed by atoms with van der Waals surface area (Å²) < 4.78 is 6.21. The summed E-state index contributed by atoms with van der Waals surface area (Å²) in [5.74, 6) is 0.556. The van der Waals surface area contributed by atoms with Crippen molar-refractivity contribution in [2.75, 3.05) is 18.4 Å². The molecule has 2 N–H and O–H groups in total. The molecule has 132 valence electrons. The summed E-state index contributed by atoms with van der Waals surface area (Å²) in [6.45, 7) is 1.33. The Morgan fingerprint density at radius 3 is 2.84 bits per heavy atom. The van der Waals surface area contributed by atoms with Crippen molar-refractivity contribution < 1.29 is 14.0 Å². The zero-order valence-electron chi connectivity index (χ0n) is 13.7. The van der Waals surface area contributed by atoms with Crippen molar-refractivity contribution >= 4 is 40.1 Å². The van der Waals surface area contributed by atoms with Crippen molar-refractivity contribution in [3.05, 3.63) is 52.0 Å². The van der Waals surface area contributed by atoms with Crippen LogP contribution in [0.3, 0.4) is 0 Å². The van der Waals surface area contributed by atoms with Gasteiger partial charge in [-0.15, -0.1) is 0 Å². The maximum atomic E-state index is 12.4. The minimum absolute atomic E-state index is 0.0593. The molecule has 1 aliphatic rings. The maximum absolute atomic E-state index is 12.4. The van der Waals surface area contributed by atoms with Crippen LogP contribution in [0.5, 0.6) is 0 Å². The van der Waals surface area contributed by atoms with Gasteiger partial charge in [-0.2, -0.15) is 0 Å². The fourth-order valence-electron chi connectivity index (χ4n) is 2.95. The lowest BCUT2D eigenvalue weighted by Gasteiger charge is -2.23. The van der Waals surface area contributed by atoms with Gasteiger partial charge in [0, 0.05) is 3.57 Å². The SMILES string of the molecule is O=C(CN1CCCC1C(=O)NCc1ccco1)Nc1ccccc1I. The Hall–Kier alpha value is -1.87. The van der Waals surface area contributed by atoms with Gasteiger partial charge in [-0.25, -0.2) is 0 Å². The standard InChI is InChI=1S/C18H20IN3O3/c19-14-6-1-2-7-15(14)21-17(23)12-22-9-3-8-16(22)18(24)20-11-13-5-4-10-25-13/h1-2,4-7,10,16H,3,8-9,11-12H2,(H,20,24)(H,21,23). The average molecular weight is 453 g/mol. The van der Waals surface area contributed by atoms with E-state index in [-0.39, 0.29) is 24.4 Å². The summed E-state index contributed by atoms with van der Waals surface area (Å²) in [7, 11) is 0. The first kappa shape index (κ1) is 17.9. The molecule has 6 nitrogen and oxygen atoms in total. The Bertz CT molecular complexity index is 733. The highest BCUT2D eigenvalue weighted by molar-refractivity contribution is 14.1. The monoisotopic (exact) mass is 453 g/mol. The predicted molar refractivity (Wildman–Crippen MR) is 103 cm³/mol. The van der Waals surface area contributed by atoms with Crippen LogP contribution in [-0.4, -0.2) is 35.8 Å². The number of amides is 2. The number of hydrogen-bond acceptors (Lipinski definition) is 4. The number of nitrogens with zero attached hydrogens (tertiary/aromatic N) is 1. The molecule has 0 spiro atoms. The van der Waals surface area contributed by atoms with Crippen LogP contribution in [0.4, 0.5) is 5.69 Å². The summed E-state index contributed by atoms with van der Waals surface area (Å²) in [6, 6.07) is 11.0. The van der Waals surface area contributed by atoms with E-state index >= 15 is 0 Å². The number of benzene rings is 1. The van der Waals surface area contributed by atoms with Crippen LogP contribution >= 0.6 is 22.6 Å². The molecule has 1 aromatic carbocycles. The van der Waals surface area contributed by atoms with Gasteiger partial charge in [-0.1, -0.05) is 12.1 Å². The molecule has 1 aliphatic heterocycles. The summed E-state index contributed by atoms with van der Waals surface area (Å²) in [5, 5.41) is 5.80. The van der Waals surface area contributed by atoms with Gasteiger partial charge < -0.3 is 15.1 Å². The number of halogens is 1. The molecule has 1 saturated heterocycles. The van der Waals surface area contributed by atoms with Gasteiger partial charge in [-0.05, 0) is 66.2 Å². The molecular weight excluding hydrogens is 433 g/mol. The third-order valence-electron chi connectivity index (χ3n) is 4.18. The first-order valence-electron chi connectivity index (χ1n) is 8.22. The lowest BCUT2D eigenvalue weighted by molar-refractivity contribution is -0.126. The fourth-order valence-corrected chi connectivity index (χ4v) is 3.48. The van der Waals surface area contributed by atoms with E-state index in [0.717, 1.165) is 28.6 Å². The van der Waals surface area contributed by atoms with Crippen LogP contribution in [0, 0.1) is 3.57 Å². The third-order valence-corrected chi connectivity index (χ3v) is 5.12. The molecule has 1 fully saturated rings. The molecule has 7 heteroatoms. The first-order chi connectivity index (χ1) is 12.1. The normalized spacial score (nSPS) is 17.4. The molecule has 0 aliphatic carbocycles. The van der Waals surface area contributed by atoms with Crippen LogP contribution in [0.15, 0.2) is 47.1 Å². The van der Waals surface area contributed by atoms with Crippen molar-refractivity contribution in [3.8, 4) is 0 Å². The topological polar surface area (TPSA) is 74.6 Å². The number of rotatable bonds is 6. The van der Waals surface area contributed by atoms with Crippen LogP contribution < -0.4 is 10.6 Å². The van der Waals surface area contributed by atoms with Gasteiger partial charge in [0.05, 0.1) is 31.1 Å². The molecule has 2 amide bonds. The summed E-state index contributed by atoms with van der Waals surface area (Å²) in [5.41, 5.74) is 0.797. The van der Waals surface area contributed by atoms with Gasteiger partial charge in [0.1, 0.15) is 5.76 Å². The van der Waals surface area contributed by atoms with Gasteiger partial charge in [0.25, 0.3) is 0 Å². The molecule has 25 heavy (non-hydrogen) atoms. The van der Waals surface area contributed by atoms with Crippen molar-refractivity contribution in [1.82, 2.24) is 10.2 Å². The van der Waals surface area contributed by atoms with E-state index in [2.05, 4.69) is 33.2 Å². The Morgan fingerprint density at radius 2 is 2.08 bits per heavy atom. The van der Waals surface area contributed by atoms with Crippen LogP contribution in [0.2, 0.25) is 0 Å². The summed E-state index contributed by atoms with van der Waals surface area (Å²) in [4.78, 5) is 26.7. The zero-order chi connectivity index (χ0) is 17.6. The lowest BCUT2D eigenvalue weighted by atomic mass is 10.2. The molecule has 3 rings (SSSR count). The Balaban J connectivity index is 1.53. The van der Waals surface area contributed by atoms with Gasteiger partial charge >= 0.3 is 0 Å². The van der Waals surface area contributed by atoms with Crippen LogP contribution in [0.25, 0.3) is 0 Å². The molecule has 2 heterocycles. The van der Waals surface area contributed by atoms with Crippen molar-refractivity contribution in [3.63, 3.8) is 0 Å². The zero-order valence-corrected chi connectivity index (χ0v) is 15.9. The van der Waals surface area contributed by atoms with Crippen LogP contribution in [-0.2, 0) is 16.1 Å². The highest BCUT2D eigenvalue weighted by Crippen LogP contribution is 2.19. The second-order valence-electron chi connectivity index (χ2n) is 5.95. The van der Waals surface area contributed by atoms with Gasteiger partial charge in [0.15, 0.2) is 0 Å². The summed E-state index contributed by atoms with van der Waals surface area (Å²) >= 11 is 2.19. The van der Waals surface area contributed by atoms with Crippen molar-refractivity contribution in [2.24, 2.45) is 0 Å². The van der Waals surface area contributed by atoms with E-state index in [4.69, 9.17) is 4.42 Å². The smallest absolute Gasteiger partial charge is 0.238 e. The van der Waals surface area contributed by atoms with Gasteiger partial charge in [0.2, 0.25) is 11.8 Å². The highest BCUT2D eigenvalue weighted by atomic mass is 127. The molecule has 1 unspecified atom stereocenters. The van der Waals surface area contributed by atoms with Crippen molar-refractivity contribution in [1.29, 1.82) is 0 Å². The highest BCUT2D eigenvalue weighted by Gasteiger charge is 2.31. The molecular formula is C18H20IN3O3. The minimum atomic E-state index is -0.268. The average Bonchev–Trinajstić information content (AvgIpc) is 3.26. The quantitative estimate of drug-likeness (QED) is 0.660. The Kier molecular flexibility index (Phi) is 6.09. The van der Waals surface area contributed by atoms with E-state index in [1.54, 1.807) is 12.3 Å². The molecule has 0 radical (unpaired) electrons. The van der Waals surface area contributed by atoms with Gasteiger partial charge in [-0.3, -0.25) is 14.5 Å². The Labute approximate surface area is 160 Å². The first-order valence-corrected chi connectivity index (χ1v) is 9.30. The van der Waals surface area contributed by atoms with E-state index in [0.29, 0.717) is 12.3 Å². The lowest BCUT2D eigenvalue weighted by Crippen LogP contribution is -2.45. The molecule has 0 saturated carbocycles. The number of nitrogens with one attached hydrogen (secondary N) is 2. The largest absolute Gasteiger partial charge is 0.467 e. The van der Waals surface area contributed by atoms with Crippen LogP contribution in [0.1, 0.15) is 18.6 Å². The predicted octanol–water partition coefficient (Wildman–Crippen LogP) is 2.60. The number of likely N-dealkylation sites (tertiary alicyclic amines) is 1. The van der Waals surface area contributed by atoms with E-state index in [1.165, 1.54) is 0 Å². The second-order valence-corrected chi connectivity index (χ2v) is 7.12. The number of carbonyl (C=O) groups excluding carboxylic acids is 2. The van der Waals surface area contributed by atoms with E-state index in [9.17, 15) is 9.59 Å². The third kappa shape index (κ3) is 4.82. The number of hydrogen-bond donors (Lipinski definition) is 2. The van der Waals surface area contributed by atoms with E-state index in [1.807, 2.05) is 35.2 Å². The summed E-state index contributed by atoms with van der Waals surface area (Å²) in [6.07, 6.45) is 3.26. The van der Waals surface area contributed by atoms with E-state index < -0.39 is 0 Å². The number of anilines is 1. The molecule has 2 aromatic rings. The number of para-hydroxylation sites is 1. The molecule has 1 atom stereocenters. The minimum Gasteiger partial charge on any atom is -0.467 e. The molecule has 0 bridgehead atoms. The number of carbonyl (C=O) groups is 2.